The molecule has 2 heterocycles. The molecular weight excluding hydrogens is 350 g/mol. The fourth-order valence-corrected chi connectivity index (χ4v) is 3.90. The van der Waals surface area contributed by atoms with Gasteiger partial charge in [-0.1, -0.05) is 6.42 Å². The number of hydrogen-bond acceptors (Lipinski definition) is 6. The van der Waals surface area contributed by atoms with Crippen LogP contribution >= 0.6 is 0 Å². The second-order valence-corrected chi connectivity index (χ2v) is 7.83. The van der Waals surface area contributed by atoms with Crippen molar-refractivity contribution in [1.29, 1.82) is 0 Å². The number of aliphatic hydroxyl groups excluding tert-OH is 1. The number of carbonyl (C=O) groups excluding carboxylic acids is 2. The van der Waals surface area contributed by atoms with Gasteiger partial charge in [0.1, 0.15) is 6.10 Å². The highest BCUT2D eigenvalue weighted by atomic mass is 16.5. The Morgan fingerprint density at radius 2 is 1.89 bits per heavy atom. The van der Waals surface area contributed by atoms with Crippen molar-refractivity contribution in [3.63, 3.8) is 0 Å². The number of hydrogen-bond donors (Lipinski definition) is 3. The van der Waals surface area contributed by atoms with Crippen molar-refractivity contribution in [3.05, 3.63) is 0 Å². The summed E-state index contributed by atoms with van der Waals surface area (Å²) < 4.78 is 11.3. The van der Waals surface area contributed by atoms with Gasteiger partial charge in [-0.3, -0.25) is 14.5 Å². The summed E-state index contributed by atoms with van der Waals surface area (Å²) in [6, 6.07) is -0.163. The molecule has 0 aromatic carbocycles. The Kier molecular flexibility index (Phi) is 7.87. The number of nitrogens with zero attached hydrogens (tertiary/aromatic N) is 1. The van der Waals surface area contributed by atoms with Crippen molar-refractivity contribution in [2.75, 3.05) is 46.0 Å². The van der Waals surface area contributed by atoms with Crippen LogP contribution in [0, 0.1) is 5.92 Å². The molecule has 3 aliphatic rings. The maximum absolute atomic E-state index is 12.3. The molecule has 0 aromatic heterocycles. The number of rotatable bonds is 8. The van der Waals surface area contributed by atoms with Gasteiger partial charge in [0.2, 0.25) is 11.8 Å². The summed E-state index contributed by atoms with van der Waals surface area (Å²) in [7, 11) is 0. The summed E-state index contributed by atoms with van der Waals surface area (Å²) >= 11 is 0. The molecule has 8 heteroatoms. The monoisotopic (exact) mass is 383 g/mol. The van der Waals surface area contributed by atoms with Crippen LogP contribution in [0.2, 0.25) is 0 Å². The van der Waals surface area contributed by atoms with E-state index >= 15 is 0 Å². The smallest absolute Gasteiger partial charge is 0.234 e. The van der Waals surface area contributed by atoms with E-state index in [9.17, 15) is 14.7 Å². The predicted octanol–water partition coefficient (Wildman–Crippen LogP) is -0.350. The van der Waals surface area contributed by atoms with Gasteiger partial charge in [-0.25, -0.2) is 0 Å². The molecule has 3 rings (SSSR count). The molecule has 1 aliphatic carbocycles. The maximum Gasteiger partial charge on any atom is 0.234 e. The van der Waals surface area contributed by atoms with Gasteiger partial charge >= 0.3 is 0 Å². The molecule has 0 aromatic rings. The molecule has 2 saturated heterocycles. The lowest BCUT2D eigenvalue weighted by Crippen LogP contribution is -2.53. The number of aliphatic hydroxyl groups is 1. The lowest BCUT2D eigenvalue weighted by atomic mass is 9.85. The van der Waals surface area contributed by atoms with E-state index in [1.165, 1.54) is 0 Å². The predicted molar refractivity (Wildman–Crippen MR) is 99.1 cm³/mol. The molecule has 0 bridgehead atoms. The van der Waals surface area contributed by atoms with Gasteiger partial charge in [-0.15, -0.1) is 0 Å². The fourth-order valence-electron chi connectivity index (χ4n) is 3.90. The zero-order valence-corrected chi connectivity index (χ0v) is 16.0. The molecule has 3 atom stereocenters. The first-order chi connectivity index (χ1) is 13.2. The SMILES string of the molecule is O=C(CN1CCOCC1)N[C@@H]1CC[C@@H](CCNC(=O)C2CCC2)O[C@@H]1CO. The molecular formula is C19H33N3O5. The van der Waals surface area contributed by atoms with E-state index < -0.39 is 0 Å². The third-order valence-electron chi connectivity index (χ3n) is 5.85. The van der Waals surface area contributed by atoms with Crippen molar-refractivity contribution in [2.45, 2.75) is 56.8 Å². The molecule has 0 radical (unpaired) electrons. The molecule has 154 valence electrons. The Balaban J connectivity index is 1.35. The van der Waals surface area contributed by atoms with Crippen LogP contribution in [0.15, 0.2) is 0 Å². The average Bonchev–Trinajstić information content (AvgIpc) is 2.62. The first-order valence-corrected chi connectivity index (χ1v) is 10.3. The van der Waals surface area contributed by atoms with E-state index in [0.29, 0.717) is 26.3 Å². The quantitative estimate of drug-likeness (QED) is 0.530. The molecule has 0 spiro atoms. The van der Waals surface area contributed by atoms with E-state index in [0.717, 1.165) is 51.6 Å². The summed E-state index contributed by atoms with van der Waals surface area (Å²) in [5.41, 5.74) is 0. The largest absolute Gasteiger partial charge is 0.394 e. The Labute approximate surface area is 160 Å². The first kappa shape index (κ1) is 20.5. The lowest BCUT2D eigenvalue weighted by Gasteiger charge is -2.37. The zero-order chi connectivity index (χ0) is 19.1. The van der Waals surface area contributed by atoms with Crippen LogP contribution in [-0.4, -0.2) is 86.1 Å². The van der Waals surface area contributed by atoms with Gasteiger partial charge in [-0.05, 0) is 32.1 Å². The van der Waals surface area contributed by atoms with Crippen LogP contribution in [-0.2, 0) is 19.1 Å². The Bertz CT molecular complexity index is 494. The summed E-state index contributed by atoms with van der Waals surface area (Å²) in [5, 5.41) is 15.7. The molecule has 27 heavy (non-hydrogen) atoms. The number of amides is 2. The molecule has 3 fully saturated rings. The van der Waals surface area contributed by atoms with Gasteiger partial charge in [0.25, 0.3) is 0 Å². The van der Waals surface area contributed by atoms with Crippen LogP contribution in [0.4, 0.5) is 0 Å². The highest BCUT2D eigenvalue weighted by Crippen LogP contribution is 2.26. The molecule has 1 saturated carbocycles. The fraction of sp³-hybridized carbons (Fsp3) is 0.895. The molecule has 2 amide bonds. The van der Waals surface area contributed by atoms with Crippen molar-refractivity contribution >= 4 is 11.8 Å². The van der Waals surface area contributed by atoms with E-state index in [1.807, 2.05) is 0 Å². The third-order valence-corrected chi connectivity index (χ3v) is 5.85. The summed E-state index contributed by atoms with van der Waals surface area (Å²) in [4.78, 5) is 26.2. The first-order valence-electron chi connectivity index (χ1n) is 10.3. The molecule has 2 aliphatic heterocycles. The highest BCUT2D eigenvalue weighted by molar-refractivity contribution is 5.79. The van der Waals surface area contributed by atoms with Gasteiger partial charge < -0.3 is 25.2 Å². The van der Waals surface area contributed by atoms with Crippen LogP contribution in [0.1, 0.15) is 38.5 Å². The van der Waals surface area contributed by atoms with Crippen LogP contribution < -0.4 is 10.6 Å². The van der Waals surface area contributed by atoms with Crippen molar-refractivity contribution in [3.8, 4) is 0 Å². The lowest BCUT2D eigenvalue weighted by molar-refractivity contribution is -0.131. The van der Waals surface area contributed by atoms with E-state index in [4.69, 9.17) is 9.47 Å². The Hall–Kier alpha value is -1.22. The molecule has 0 unspecified atom stereocenters. The maximum atomic E-state index is 12.3. The second-order valence-electron chi connectivity index (χ2n) is 7.83. The standard InChI is InChI=1S/C19H33N3O5/c23-13-17-16(21-18(24)12-22-8-10-26-11-9-22)5-4-15(27-17)6-7-20-19(25)14-2-1-3-14/h14-17,23H,1-13H2,(H,20,25)(H,21,24)/t15-,16+,17+/m0/s1. The third kappa shape index (κ3) is 6.14. The van der Waals surface area contributed by atoms with Crippen LogP contribution in [0.5, 0.6) is 0 Å². The van der Waals surface area contributed by atoms with E-state index in [2.05, 4.69) is 15.5 Å². The van der Waals surface area contributed by atoms with Crippen molar-refractivity contribution in [1.82, 2.24) is 15.5 Å². The molecule has 8 nitrogen and oxygen atoms in total. The van der Waals surface area contributed by atoms with Crippen molar-refractivity contribution in [2.24, 2.45) is 5.92 Å². The van der Waals surface area contributed by atoms with Gasteiger partial charge in [0.05, 0.1) is 38.5 Å². The minimum Gasteiger partial charge on any atom is -0.394 e. The summed E-state index contributed by atoms with van der Waals surface area (Å²) in [6.45, 7) is 3.71. The minimum absolute atomic E-state index is 0.0104. The Morgan fingerprint density at radius 1 is 1.11 bits per heavy atom. The normalized spacial score (nSPS) is 29.7. The molecule has 3 N–H and O–H groups in total. The number of nitrogens with one attached hydrogen (secondary N) is 2. The van der Waals surface area contributed by atoms with Crippen molar-refractivity contribution < 1.29 is 24.2 Å². The van der Waals surface area contributed by atoms with E-state index in [1.54, 1.807) is 0 Å². The topological polar surface area (TPSA) is 100 Å². The van der Waals surface area contributed by atoms with Crippen LogP contribution in [0.25, 0.3) is 0 Å². The van der Waals surface area contributed by atoms with Crippen LogP contribution in [0.3, 0.4) is 0 Å². The number of ether oxygens (including phenoxy) is 2. The summed E-state index contributed by atoms with van der Waals surface area (Å²) in [6.07, 6.45) is 5.12. The minimum atomic E-state index is -0.389. The second kappa shape index (κ2) is 10.4. The number of morpholine rings is 1. The Morgan fingerprint density at radius 3 is 2.56 bits per heavy atom. The summed E-state index contributed by atoms with van der Waals surface area (Å²) in [5.74, 6) is 0.327. The van der Waals surface area contributed by atoms with Gasteiger partial charge in [-0.2, -0.15) is 0 Å². The van der Waals surface area contributed by atoms with Gasteiger partial charge in [0, 0.05) is 25.6 Å². The average molecular weight is 383 g/mol. The van der Waals surface area contributed by atoms with E-state index in [-0.39, 0.29) is 42.6 Å². The van der Waals surface area contributed by atoms with Gasteiger partial charge in [0.15, 0.2) is 0 Å². The zero-order valence-electron chi connectivity index (χ0n) is 16.0. The number of carbonyl (C=O) groups is 2. The highest BCUT2D eigenvalue weighted by Gasteiger charge is 2.32.